The van der Waals surface area contributed by atoms with Crippen molar-refractivity contribution in [2.75, 3.05) is 33.9 Å². The Labute approximate surface area is 184 Å². The summed E-state index contributed by atoms with van der Waals surface area (Å²) >= 11 is 6.17. The molecule has 4 rings (SSSR count). The Hall–Kier alpha value is -2.46. The van der Waals surface area contributed by atoms with Crippen LogP contribution in [0.4, 0.5) is 4.39 Å². The number of nitrogens with zero attached hydrogens (tertiary/aromatic N) is 2. The molecule has 2 heterocycles. The van der Waals surface area contributed by atoms with Gasteiger partial charge in [-0.25, -0.2) is 12.8 Å². The normalized spacial score (nSPS) is 17.6. The van der Waals surface area contributed by atoms with Gasteiger partial charge in [-0.05, 0) is 35.7 Å². The number of sulfonamides is 1. The maximum atomic E-state index is 13.6. The molecule has 1 aliphatic heterocycles. The second-order valence-corrected chi connectivity index (χ2v) is 9.27. The molecule has 2 aromatic carbocycles. The Bertz CT molecular complexity index is 1240. The molecule has 1 saturated heterocycles. The fourth-order valence-corrected chi connectivity index (χ4v) is 5.39. The molecule has 0 spiro atoms. The number of hydrogen-bond donors (Lipinski definition) is 0. The summed E-state index contributed by atoms with van der Waals surface area (Å²) in [6, 6.07) is 8.87. The van der Waals surface area contributed by atoms with Gasteiger partial charge in [-0.3, -0.25) is 4.98 Å². The first-order valence-corrected chi connectivity index (χ1v) is 11.2. The van der Waals surface area contributed by atoms with Crippen LogP contribution < -0.4 is 9.47 Å². The highest BCUT2D eigenvalue weighted by Gasteiger charge is 2.34. The van der Waals surface area contributed by atoms with E-state index in [1.807, 2.05) is 0 Å². The average molecular weight is 467 g/mol. The zero-order chi connectivity index (χ0) is 22.2. The third-order valence-corrected chi connectivity index (χ3v) is 7.30. The van der Waals surface area contributed by atoms with E-state index >= 15 is 0 Å². The van der Waals surface area contributed by atoms with Crippen LogP contribution in [0.5, 0.6) is 11.5 Å². The van der Waals surface area contributed by atoms with E-state index in [4.69, 9.17) is 25.8 Å². The van der Waals surface area contributed by atoms with Gasteiger partial charge in [-0.2, -0.15) is 4.31 Å². The average Bonchev–Trinajstić information content (AvgIpc) is 2.78. The minimum atomic E-state index is -3.94. The van der Waals surface area contributed by atoms with Crippen LogP contribution in [0, 0.1) is 5.82 Å². The first-order chi connectivity index (χ1) is 14.8. The molecule has 0 amide bonds. The van der Waals surface area contributed by atoms with E-state index in [-0.39, 0.29) is 41.2 Å². The number of aromatic nitrogens is 1. The van der Waals surface area contributed by atoms with Gasteiger partial charge >= 0.3 is 0 Å². The van der Waals surface area contributed by atoms with Crippen molar-refractivity contribution < 1.29 is 27.0 Å². The monoisotopic (exact) mass is 466 g/mol. The molecule has 0 N–H and O–H groups in total. The first-order valence-electron chi connectivity index (χ1n) is 9.42. The molecule has 1 unspecified atom stereocenters. The number of ether oxygens (including phenoxy) is 3. The van der Waals surface area contributed by atoms with Gasteiger partial charge in [0.2, 0.25) is 10.0 Å². The number of morpholine rings is 1. The number of rotatable bonds is 5. The predicted octanol–water partition coefficient (Wildman–Crippen LogP) is 3.81. The topological polar surface area (TPSA) is 78.0 Å². The summed E-state index contributed by atoms with van der Waals surface area (Å²) in [5, 5.41) is 1.60. The molecule has 1 fully saturated rings. The quantitative estimate of drug-likeness (QED) is 0.569. The van der Waals surface area contributed by atoms with Crippen molar-refractivity contribution >= 4 is 32.4 Å². The summed E-state index contributed by atoms with van der Waals surface area (Å²) < 4.78 is 57.8. The maximum Gasteiger partial charge on any atom is 0.246 e. The molecule has 7 nitrogen and oxygen atoms in total. The number of hydrogen-bond acceptors (Lipinski definition) is 6. The highest BCUT2D eigenvalue weighted by Crippen LogP contribution is 2.37. The van der Waals surface area contributed by atoms with Gasteiger partial charge in [0.15, 0.2) is 0 Å². The van der Waals surface area contributed by atoms with Crippen LogP contribution in [-0.4, -0.2) is 51.6 Å². The summed E-state index contributed by atoms with van der Waals surface area (Å²) in [6.45, 7) is 0.385. The van der Waals surface area contributed by atoms with Crippen LogP contribution >= 0.6 is 11.6 Å². The third-order valence-electron chi connectivity index (χ3n) is 5.12. The van der Waals surface area contributed by atoms with Gasteiger partial charge in [0.05, 0.1) is 31.5 Å². The van der Waals surface area contributed by atoms with Crippen molar-refractivity contribution in [3.8, 4) is 11.5 Å². The highest BCUT2D eigenvalue weighted by atomic mass is 35.5. The lowest BCUT2D eigenvalue weighted by Crippen LogP contribution is -2.42. The molecule has 10 heteroatoms. The summed E-state index contributed by atoms with van der Waals surface area (Å²) in [6.07, 6.45) is 1.02. The van der Waals surface area contributed by atoms with Crippen molar-refractivity contribution in [1.82, 2.24) is 9.29 Å². The summed E-state index contributed by atoms with van der Waals surface area (Å²) in [4.78, 5) is 4.33. The van der Waals surface area contributed by atoms with Gasteiger partial charge in [-0.1, -0.05) is 11.6 Å². The van der Waals surface area contributed by atoms with Gasteiger partial charge in [0, 0.05) is 30.7 Å². The number of fused-ring (bicyclic) bond motifs is 1. The van der Waals surface area contributed by atoms with Crippen molar-refractivity contribution in [2.45, 2.75) is 11.0 Å². The third kappa shape index (κ3) is 4.18. The van der Waals surface area contributed by atoms with E-state index < -0.39 is 16.1 Å². The van der Waals surface area contributed by atoms with E-state index in [0.29, 0.717) is 16.8 Å². The fraction of sp³-hybridized carbons (Fsp3) is 0.286. The Morgan fingerprint density at radius 1 is 1.13 bits per heavy atom. The van der Waals surface area contributed by atoms with Crippen molar-refractivity contribution in [3.05, 3.63) is 59.1 Å². The van der Waals surface area contributed by atoms with E-state index in [1.54, 1.807) is 18.3 Å². The number of methoxy groups -OCH3 is 2. The lowest BCUT2D eigenvalue weighted by atomic mass is 10.1. The zero-order valence-corrected chi connectivity index (χ0v) is 18.4. The minimum Gasteiger partial charge on any atom is -0.495 e. The van der Waals surface area contributed by atoms with Crippen LogP contribution in [0.2, 0.25) is 5.02 Å². The molecule has 0 saturated carbocycles. The Balaban J connectivity index is 1.66. The standard InChI is InChI=1S/C21H20ClFN2O5S/c1-28-18-10-19(29-2)21(9-16(18)22)31(26,27)25-5-6-30-20(12-25)17-8-14-7-15(23)4-3-13(14)11-24-17/h3-4,7-11,20H,5-6,12H2,1-2H3. The molecule has 1 atom stereocenters. The lowest BCUT2D eigenvalue weighted by Gasteiger charge is -2.32. The summed E-state index contributed by atoms with van der Waals surface area (Å²) in [7, 11) is -1.13. The summed E-state index contributed by atoms with van der Waals surface area (Å²) in [5.74, 6) is 0.0791. The Morgan fingerprint density at radius 3 is 2.65 bits per heavy atom. The van der Waals surface area contributed by atoms with Crippen LogP contribution in [0.25, 0.3) is 10.8 Å². The molecule has 1 aliphatic rings. The maximum absolute atomic E-state index is 13.6. The lowest BCUT2D eigenvalue weighted by molar-refractivity contribution is -0.00488. The molecule has 0 aliphatic carbocycles. The molecule has 164 valence electrons. The van der Waals surface area contributed by atoms with E-state index in [2.05, 4.69) is 4.98 Å². The molecular formula is C21H20ClFN2O5S. The van der Waals surface area contributed by atoms with Crippen LogP contribution in [0.1, 0.15) is 11.8 Å². The van der Waals surface area contributed by atoms with E-state index in [9.17, 15) is 12.8 Å². The fourth-order valence-electron chi connectivity index (χ4n) is 3.50. The largest absolute Gasteiger partial charge is 0.495 e. The van der Waals surface area contributed by atoms with E-state index in [0.717, 1.165) is 5.39 Å². The van der Waals surface area contributed by atoms with Gasteiger partial charge in [0.25, 0.3) is 0 Å². The van der Waals surface area contributed by atoms with Crippen molar-refractivity contribution in [2.24, 2.45) is 0 Å². The van der Waals surface area contributed by atoms with Crippen LogP contribution in [-0.2, 0) is 14.8 Å². The van der Waals surface area contributed by atoms with Crippen molar-refractivity contribution in [1.29, 1.82) is 0 Å². The Kier molecular flexibility index (Phi) is 6.02. The number of benzene rings is 2. The SMILES string of the molecule is COc1cc(OC)c(S(=O)(=O)N2CCOC(c3cc4cc(F)ccc4cn3)C2)cc1Cl. The smallest absolute Gasteiger partial charge is 0.246 e. The Morgan fingerprint density at radius 2 is 1.90 bits per heavy atom. The minimum absolute atomic E-state index is 0.0446. The molecule has 0 bridgehead atoms. The van der Waals surface area contributed by atoms with Crippen molar-refractivity contribution in [3.63, 3.8) is 0 Å². The second-order valence-electron chi connectivity index (χ2n) is 6.96. The molecular weight excluding hydrogens is 447 g/mol. The first kappa shape index (κ1) is 21.8. The number of pyridine rings is 1. The second kappa shape index (κ2) is 8.58. The predicted molar refractivity (Wildman–Crippen MR) is 114 cm³/mol. The van der Waals surface area contributed by atoms with Gasteiger partial charge in [-0.15, -0.1) is 0 Å². The van der Waals surface area contributed by atoms with Gasteiger partial charge < -0.3 is 14.2 Å². The molecule has 0 radical (unpaired) electrons. The molecule has 31 heavy (non-hydrogen) atoms. The van der Waals surface area contributed by atoms with Gasteiger partial charge in [0.1, 0.15) is 28.3 Å². The molecule has 3 aromatic rings. The van der Waals surface area contributed by atoms with Crippen LogP contribution in [0.15, 0.2) is 47.5 Å². The molecule has 1 aromatic heterocycles. The summed E-state index contributed by atoms with van der Waals surface area (Å²) in [5.41, 5.74) is 0.526. The zero-order valence-electron chi connectivity index (χ0n) is 16.8. The van der Waals surface area contributed by atoms with Crippen LogP contribution in [0.3, 0.4) is 0 Å². The van der Waals surface area contributed by atoms with E-state index in [1.165, 1.54) is 42.8 Å². The number of halogens is 2. The highest BCUT2D eigenvalue weighted by molar-refractivity contribution is 7.89.